The van der Waals surface area contributed by atoms with Crippen LogP contribution in [-0.2, 0) is 4.79 Å². The summed E-state index contributed by atoms with van der Waals surface area (Å²) in [7, 11) is 6.55. The number of benzene rings is 4. The number of methoxy groups -OCH3 is 4. The van der Waals surface area contributed by atoms with Crippen LogP contribution in [-0.4, -0.2) is 34.2 Å². The highest BCUT2D eigenvalue weighted by molar-refractivity contribution is 5.97. The van der Waals surface area contributed by atoms with Crippen molar-refractivity contribution in [2.75, 3.05) is 28.4 Å². The molecule has 2 unspecified atom stereocenters. The maximum Gasteiger partial charge on any atom is 0.147 e. The van der Waals surface area contributed by atoms with Gasteiger partial charge in [0, 0.05) is 33.7 Å². The van der Waals surface area contributed by atoms with Crippen LogP contribution in [0.4, 0.5) is 0 Å². The summed E-state index contributed by atoms with van der Waals surface area (Å²) in [6.45, 7) is 3.86. The van der Waals surface area contributed by atoms with Crippen molar-refractivity contribution >= 4 is 27.3 Å². The predicted octanol–water partition coefficient (Wildman–Crippen LogP) is 6.50. The molecule has 0 radical (unpaired) electrons. The fourth-order valence-electron chi connectivity index (χ4n) is 4.66. The molecule has 4 rings (SSSR count). The Balaban J connectivity index is 1.76. The monoisotopic (exact) mass is 458 g/mol. The van der Waals surface area contributed by atoms with Crippen LogP contribution < -0.4 is 18.9 Å². The zero-order valence-corrected chi connectivity index (χ0v) is 20.5. The van der Waals surface area contributed by atoms with Crippen LogP contribution in [0.3, 0.4) is 0 Å². The Morgan fingerprint density at radius 1 is 0.588 bits per heavy atom. The molecule has 34 heavy (non-hydrogen) atoms. The molecule has 0 aliphatic rings. The van der Waals surface area contributed by atoms with Gasteiger partial charge in [0.2, 0.25) is 0 Å². The molecule has 0 N–H and O–H groups in total. The average molecular weight is 459 g/mol. The minimum atomic E-state index is -0.383. The third-order valence-electron chi connectivity index (χ3n) is 6.61. The summed E-state index contributed by atoms with van der Waals surface area (Å²) >= 11 is 0. The van der Waals surface area contributed by atoms with Gasteiger partial charge in [-0.2, -0.15) is 0 Å². The van der Waals surface area contributed by atoms with Crippen LogP contribution in [0.25, 0.3) is 21.5 Å². The summed E-state index contributed by atoms with van der Waals surface area (Å²) in [4.78, 5) is 13.7. The van der Waals surface area contributed by atoms with Crippen molar-refractivity contribution in [1.29, 1.82) is 0 Å². The summed E-state index contributed by atoms with van der Waals surface area (Å²) in [6.07, 6.45) is 0. The average Bonchev–Trinajstić information content (AvgIpc) is 2.89. The minimum absolute atomic E-state index is 0.0843. The third kappa shape index (κ3) is 4.03. The molecule has 0 spiro atoms. The van der Waals surface area contributed by atoms with Crippen LogP contribution in [0, 0.1) is 0 Å². The Labute approximate surface area is 200 Å². The molecule has 5 heteroatoms. The predicted molar refractivity (Wildman–Crippen MR) is 136 cm³/mol. The first kappa shape index (κ1) is 23.4. The lowest BCUT2D eigenvalue weighted by Crippen LogP contribution is -2.18. The fourth-order valence-corrected chi connectivity index (χ4v) is 4.66. The Hall–Kier alpha value is -3.73. The van der Waals surface area contributed by atoms with Crippen LogP contribution in [0.2, 0.25) is 0 Å². The molecule has 4 aromatic carbocycles. The number of Topliss-reactive ketones (excluding diaryl/α,β-unsaturated/α-hetero) is 1. The molecule has 0 bridgehead atoms. The Morgan fingerprint density at radius 2 is 0.971 bits per heavy atom. The Morgan fingerprint density at radius 3 is 1.32 bits per heavy atom. The van der Waals surface area contributed by atoms with Crippen molar-refractivity contribution < 1.29 is 23.7 Å². The number of fused-ring (bicyclic) bond motifs is 2. The summed E-state index contributed by atoms with van der Waals surface area (Å²) < 4.78 is 22.4. The molecule has 0 saturated carbocycles. The lowest BCUT2D eigenvalue weighted by atomic mass is 9.83. The molecular weight excluding hydrogens is 428 g/mol. The second-order valence-electron chi connectivity index (χ2n) is 8.40. The summed E-state index contributed by atoms with van der Waals surface area (Å²) in [5.41, 5.74) is 1.70. The van der Waals surface area contributed by atoms with E-state index < -0.39 is 0 Å². The highest BCUT2D eigenvalue weighted by atomic mass is 16.5. The lowest BCUT2D eigenvalue weighted by Gasteiger charge is -2.22. The second-order valence-corrected chi connectivity index (χ2v) is 8.40. The molecule has 0 aromatic heterocycles. The van der Waals surface area contributed by atoms with Crippen LogP contribution in [0.5, 0.6) is 23.0 Å². The highest BCUT2D eigenvalue weighted by Gasteiger charge is 2.28. The van der Waals surface area contributed by atoms with E-state index in [2.05, 4.69) is 0 Å². The molecule has 0 saturated heterocycles. The quantitative estimate of drug-likeness (QED) is 0.301. The Bertz CT molecular complexity index is 1250. The molecule has 0 aliphatic heterocycles. The number of ketones is 1. The van der Waals surface area contributed by atoms with Gasteiger partial charge >= 0.3 is 0 Å². The summed E-state index contributed by atoms with van der Waals surface area (Å²) in [6, 6.07) is 19.7. The first-order chi connectivity index (χ1) is 16.4. The van der Waals surface area contributed by atoms with E-state index in [1.165, 1.54) is 0 Å². The van der Waals surface area contributed by atoms with Crippen LogP contribution in [0.1, 0.15) is 36.8 Å². The number of carbonyl (C=O) groups is 1. The number of hydrogen-bond acceptors (Lipinski definition) is 5. The van der Waals surface area contributed by atoms with Gasteiger partial charge in [-0.25, -0.2) is 0 Å². The third-order valence-corrected chi connectivity index (χ3v) is 6.61. The number of ether oxygens (including phenoxy) is 4. The maximum absolute atomic E-state index is 13.7. The molecule has 176 valence electrons. The smallest absolute Gasteiger partial charge is 0.147 e. The van der Waals surface area contributed by atoms with E-state index in [9.17, 15) is 4.79 Å². The SMILES string of the molecule is COc1cc2c(OC)cccc2cc1C(C)C(=O)C(C)c1cc2cccc(OC)c2cc1OC. The van der Waals surface area contributed by atoms with Crippen molar-refractivity contribution in [3.05, 3.63) is 71.8 Å². The van der Waals surface area contributed by atoms with Crippen LogP contribution in [0.15, 0.2) is 60.7 Å². The highest BCUT2D eigenvalue weighted by Crippen LogP contribution is 2.40. The van der Waals surface area contributed by atoms with Gasteiger partial charge in [0.25, 0.3) is 0 Å². The zero-order valence-electron chi connectivity index (χ0n) is 20.5. The normalized spacial score (nSPS) is 12.9. The summed E-state index contributed by atoms with van der Waals surface area (Å²) in [5.74, 6) is 2.19. The number of carbonyl (C=O) groups excluding carboxylic acids is 1. The van der Waals surface area contributed by atoms with Gasteiger partial charge < -0.3 is 18.9 Å². The van der Waals surface area contributed by atoms with Crippen LogP contribution >= 0.6 is 0 Å². The van der Waals surface area contributed by atoms with E-state index in [0.717, 1.165) is 44.2 Å². The van der Waals surface area contributed by atoms with Gasteiger partial charge in [-0.3, -0.25) is 4.79 Å². The Kier molecular flexibility index (Phi) is 6.64. The van der Waals surface area contributed by atoms with Crippen molar-refractivity contribution in [3.8, 4) is 23.0 Å². The second kappa shape index (κ2) is 9.64. The van der Waals surface area contributed by atoms with Crippen molar-refractivity contribution in [2.24, 2.45) is 0 Å². The minimum Gasteiger partial charge on any atom is -0.496 e. The molecule has 0 aliphatic carbocycles. The van der Waals surface area contributed by atoms with Gasteiger partial charge in [-0.05, 0) is 47.2 Å². The van der Waals surface area contributed by atoms with E-state index >= 15 is 0 Å². The van der Waals surface area contributed by atoms with Gasteiger partial charge in [0.1, 0.15) is 28.8 Å². The molecule has 0 fully saturated rings. The van der Waals surface area contributed by atoms with Crippen molar-refractivity contribution in [1.82, 2.24) is 0 Å². The van der Waals surface area contributed by atoms with E-state index in [4.69, 9.17) is 18.9 Å². The fraction of sp³-hybridized carbons (Fsp3) is 0.276. The molecule has 0 amide bonds. The lowest BCUT2D eigenvalue weighted by molar-refractivity contribution is -0.121. The van der Waals surface area contributed by atoms with E-state index in [1.54, 1.807) is 28.4 Å². The van der Waals surface area contributed by atoms with E-state index in [0.29, 0.717) is 11.5 Å². The largest absolute Gasteiger partial charge is 0.496 e. The molecule has 5 nitrogen and oxygen atoms in total. The zero-order chi connectivity index (χ0) is 24.4. The number of rotatable bonds is 8. The number of hydrogen-bond donors (Lipinski definition) is 0. The molecule has 4 aromatic rings. The maximum atomic E-state index is 13.7. The molecular formula is C29H30O5. The standard InChI is InChI=1S/C29H30O5/c1-17(21-13-19-9-7-11-25(31-3)23(19)15-27(21)33-5)29(30)18(2)22-14-20-10-8-12-26(32-4)24(20)16-28(22)34-6/h7-18H,1-6H3. The first-order valence-corrected chi connectivity index (χ1v) is 11.3. The van der Waals surface area contributed by atoms with Crippen molar-refractivity contribution in [3.63, 3.8) is 0 Å². The van der Waals surface area contributed by atoms with Gasteiger partial charge in [-0.15, -0.1) is 0 Å². The topological polar surface area (TPSA) is 54.0 Å². The van der Waals surface area contributed by atoms with Gasteiger partial charge in [0.05, 0.1) is 28.4 Å². The van der Waals surface area contributed by atoms with E-state index in [-0.39, 0.29) is 17.6 Å². The summed E-state index contributed by atoms with van der Waals surface area (Å²) in [5, 5.41) is 3.89. The molecule has 2 atom stereocenters. The van der Waals surface area contributed by atoms with Gasteiger partial charge in [-0.1, -0.05) is 38.1 Å². The van der Waals surface area contributed by atoms with E-state index in [1.807, 2.05) is 74.5 Å². The first-order valence-electron chi connectivity index (χ1n) is 11.3. The molecule has 0 heterocycles. The van der Waals surface area contributed by atoms with Gasteiger partial charge in [0.15, 0.2) is 0 Å². The van der Waals surface area contributed by atoms with Crippen molar-refractivity contribution in [2.45, 2.75) is 25.7 Å².